The van der Waals surface area contributed by atoms with Gasteiger partial charge in [0.05, 0.1) is 17.4 Å². The first-order chi connectivity index (χ1) is 12.5. The average Bonchev–Trinajstić information content (AvgIpc) is 2.60. The van der Waals surface area contributed by atoms with Crippen molar-refractivity contribution in [3.63, 3.8) is 0 Å². The maximum atomic E-state index is 13.3. The molecule has 132 valence electrons. The van der Waals surface area contributed by atoms with Crippen molar-refractivity contribution < 1.29 is 13.6 Å². The largest absolute Gasteiger partial charge is 0.380 e. The first-order valence-electron chi connectivity index (χ1n) is 7.67. The highest BCUT2D eigenvalue weighted by Crippen LogP contribution is 2.22. The van der Waals surface area contributed by atoms with Gasteiger partial charge in [-0.05, 0) is 29.8 Å². The van der Waals surface area contributed by atoms with Crippen molar-refractivity contribution in [2.75, 3.05) is 10.6 Å². The Labute approximate surface area is 148 Å². The molecule has 0 spiro atoms. The van der Waals surface area contributed by atoms with Crippen LogP contribution in [0.5, 0.6) is 0 Å². The molecule has 0 saturated carbocycles. The summed E-state index contributed by atoms with van der Waals surface area (Å²) in [6.07, 6.45) is 3.93. The van der Waals surface area contributed by atoms with E-state index in [2.05, 4.69) is 20.6 Å². The van der Waals surface area contributed by atoms with Gasteiger partial charge >= 0.3 is 0 Å². The van der Waals surface area contributed by atoms with Crippen molar-refractivity contribution >= 4 is 23.1 Å². The minimum Gasteiger partial charge on any atom is -0.380 e. The van der Waals surface area contributed by atoms with Crippen LogP contribution in [0.2, 0.25) is 0 Å². The molecular weight excluding hydrogens is 340 g/mol. The van der Waals surface area contributed by atoms with E-state index in [-0.39, 0.29) is 17.9 Å². The van der Waals surface area contributed by atoms with Gasteiger partial charge in [0.25, 0.3) is 5.91 Å². The minimum absolute atomic E-state index is 0.180. The van der Waals surface area contributed by atoms with Gasteiger partial charge in [0.15, 0.2) is 0 Å². The molecule has 0 fully saturated rings. The zero-order chi connectivity index (χ0) is 18.5. The first kappa shape index (κ1) is 17.3. The maximum absolute atomic E-state index is 13.3. The molecule has 4 N–H and O–H groups in total. The lowest BCUT2D eigenvalue weighted by molar-refractivity contribution is 0.100. The number of aromatic nitrogens is 2. The summed E-state index contributed by atoms with van der Waals surface area (Å²) in [5.41, 5.74) is 7.06. The fourth-order valence-corrected chi connectivity index (χ4v) is 2.33. The highest BCUT2D eigenvalue weighted by Gasteiger charge is 2.11. The molecule has 3 aromatic rings. The van der Waals surface area contributed by atoms with Crippen LogP contribution in [0.3, 0.4) is 0 Å². The number of nitrogens with zero attached hydrogens (tertiary/aromatic N) is 2. The summed E-state index contributed by atoms with van der Waals surface area (Å²) in [5, 5.41) is 5.96. The highest BCUT2D eigenvalue weighted by atomic mass is 19.1. The van der Waals surface area contributed by atoms with Gasteiger partial charge in [0.1, 0.15) is 17.5 Å². The zero-order valence-corrected chi connectivity index (χ0v) is 13.5. The molecule has 0 saturated heterocycles. The quantitative estimate of drug-likeness (QED) is 0.631. The molecule has 8 heteroatoms. The molecule has 0 unspecified atom stereocenters. The molecule has 0 atom stereocenters. The summed E-state index contributed by atoms with van der Waals surface area (Å²) in [6, 6.07) is 8.78. The van der Waals surface area contributed by atoms with Crippen LogP contribution < -0.4 is 16.4 Å². The predicted molar refractivity (Wildman–Crippen MR) is 94.0 cm³/mol. The number of pyridine rings is 2. The number of benzene rings is 1. The van der Waals surface area contributed by atoms with E-state index in [1.54, 1.807) is 18.2 Å². The lowest BCUT2D eigenvalue weighted by Gasteiger charge is -2.13. The fourth-order valence-electron chi connectivity index (χ4n) is 2.33. The summed E-state index contributed by atoms with van der Waals surface area (Å²) in [4.78, 5) is 19.5. The Bertz CT molecular complexity index is 948. The van der Waals surface area contributed by atoms with Crippen molar-refractivity contribution in [1.29, 1.82) is 0 Å². The number of amides is 1. The van der Waals surface area contributed by atoms with E-state index in [9.17, 15) is 13.6 Å². The Kier molecular flexibility index (Phi) is 5.02. The Morgan fingerprint density at radius 3 is 2.65 bits per heavy atom. The third-order valence-corrected chi connectivity index (χ3v) is 3.51. The lowest BCUT2D eigenvalue weighted by atomic mass is 10.2. The molecule has 26 heavy (non-hydrogen) atoms. The standard InChI is InChI=1S/C18H15F2N5O/c19-12-2-1-3-14(5-12)25-17-6-16(15(10-24-17)18(21)26)23-8-11-4-13(20)9-22-7-11/h1-7,9-10H,8H2,(H2,21,26)(H2,23,24,25). The van der Waals surface area contributed by atoms with Gasteiger partial charge in [-0.15, -0.1) is 0 Å². The summed E-state index contributed by atoms with van der Waals surface area (Å²) < 4.78 is 26.5. The Morgan fingerprint density at radius 1 is 1.08 bits per heavy atom. The Balaban J connectivity index is 1.83. The fraction of sp³-hybridized carbons (Fsp3) is 0.0556. The van der Waals surface area contributed by atoms with Crippen LogP contribution in [0.4, 0.5) is 26.0 Å². The summed E-state index contributed by atoms with van der Waals surface area (Å²) in [7, 11) is 0. The highest BCUT2D eigenvalue weighted by molar-refractivity contribution is 5.98. The molecule has 3 rings (SSSR count). The number of nitrogens with two attached hydrogens (primary N) is 1. The van der Waals surface area contributed by atoms with E-state index in [0.29, 0.717) is 22.8 Å². The molecule has 2 heterocycles. The molecule has 2 aromatic heterocycles. The second kappa shape index (κ2) is 7.56. The molecule has 0 bridgehead atoms. The molecule has 0 aliphatic rings. The smallest absolute Gasteiger partial charge is 0.252 e. The van der Waals surface area contributed by atoms with E-state index in [1.165, 1.54) is 30.6 Å². The molecular formula is C18H15F2N5O. The van der Waals surface area contributed by atoms with Gasteiger partial charge in [0, 0.05) is 30.7 Å². The number of rotatable bonds is 6. The van der Waals surface area contributed by atoms with E-state index in [0.717, 1.165) is 6.20 Å². The Morgan fingerprint density at radius 2 is 1.92 bits per heavy atom. The second-order valence-corrected chi connectivity index (χ2v) is 5.48. The molecule has 1 aromatic carbocycles. The molecule has 6 nitrogen and oxygen atoms in total. The van der Waals surface area contributed by atoms with Crippen molar-refractivity contribution in [1.82, 2.24) is 9.97 Å². The van der Waals surface area contributed by atoms with Crippen LogP contribution in [-0.4, -0.2) is 15.9 Å². The number of nitrogens with one attached hydrogen (secondary N) is 2. The summed E-state index contributed by atoms with van der Waals surface area (Å²) in [5.74, 6) is -1.11. The first-order valence-corrected chi connectivity index (χ1v) is 7.67. The van der Waals surface area contributed by atoms with E-state index in [4.69, 9.17) is 5.73 Å². The van der Waals surface area contributed by atoms with E-state index in [1.807, 2.05) is 0 Å². The van der Waals surface area contributed by atoms with Gasteiger partial charge < -0.3 is 16.4 Å². The van der Waals surface area contributed by atoms with Gasteiger partial charge in [-0.3, -0.25) is 9.78 Å². The predicted octanol–water partition coefficient (Wildman–Crippen LogP) is 3.21. The van der Waals surface area contributed by atoms with Crippen molar-refractivity contribution in [2.45, 2.75) is 6.54 Å². The molecule has 0 radical (unpaired) electrons. The van der Waals surface area contributed by atoms with Crippen LogP contribution in [0.25, 0.3) is 0 Å². The zero-order valence-electron chi connectivity index (χ0n) is 13.5. The summed E-state index contributed by atoms with van der Waals surface area (Å²) >= 11 is 0. The van der Waals surface area contributed by atoms with Crippen molar-refractivity contribution in [3.05, 3.63) is 77.8 Å². The van der Waals surface area contributed by atoms with E-state index < -0.39 is 11.7 Å². The van der Waals surface area contributed by atoms with Gasteiger partial charge in [-0.1, -0.05) is 6.07 Å². The van der Waals surface area contributed by atoms with E-state index >= 15 is 0 Å². The SMILES string of the molecule is NC(=O)c1cnc(Nc2cccc(F)c2)cc1NCc1cncc(F)c1. The van der Waals surface area contributed by atoms with Crippen LogP contribution in [0, 0.1) is 11.6 Å². The number of hydrogen-bond donors (Lipinski definition) is 3. The normalized spacial score (nSPS) is 10.4. The van der Waals surface area contributed by atoms with Gasteiger partial charge in [-0.2, -0.15) is 0 Å². The topological polar surface area (TPSA) is 92.9 Å². The Hall–Kier alpha value is -3.55. The average molecular weight is 355 g/mol. The number of anilines is 3. The second-order valence-electron chi connectivity index (χ2n) is 5.48. The van der Waals surface area contributed by atoms with Crippen molar-refractivity contribution in [3.8, 4) is 0 Å². The number of carbonyl (C=O) groups excluding carboxylic acids is 1. The number of carbonyl (C=O) groups is 1. The van der Waals surface area contributed by atoms with Crippen LogP contribution in [-0.2, 0) is 6.54 Å². The summed E-state index contributed by atoms with van der Waals surface area (Å²) in [6.45, 7) is 0.231. The number of halogens is 2. The third-order valence-electron chi connectivity index (χ3n) is 3.51. The van der Waals surface area contributed by atoms with Crippen LogP contribution in [0.1, 0.15) is 15.9 Å². The maximum Gasteiger partial charge on any atom is 0.252 e. The monoisotopic (exact) mass is 355 g/mol. The minimum atomic E-state index is -0.658. The lowest BCUT2D eigenvalue weighted by Crippen LogP contribution is -2.15. The van der Waals surface area contributed by atoms with Crippen LogP contribution >= 0.6 is 0 Å². The number of hydrogen-bond acceptors (Lipinski definition) is 5. The molecule has 0 aliphatic heterocycles. The molecule has 1 amide bonds. The molecule has 0 aliphatic carbocycles. The van der Waals surface area contributed by atoms with Gasteiger partial charge in [0.2, 0.25) is 0 Å². The number of primary amides is 1. The van der Waals surface area contributed by atoms with Crippen molar-refractivity contribution in [2.24, 2.45) is 5.73 Å². The van der Waals surface area contributed by atoms with Crippen LogP contribution in [0.15, 0.2) is 55.0 Å². The third kappa shape index (κ3) is 4.29. The van der Waals surface area contributed by atoms with Gasteiger partial charge in [-0.25, -0.2) is 13.8 Å².